The quantitative estimate of drug-likeness (QED) is 0.149. The van der Waals surface area contributed by atoms with Crippen LogP contribution < -0.4 is 15.7 Å². The van der Waals surface area contributed by atoms with Gasteiger partial charge in [-0.15, -0.1) is 0 Å². The second-order valence-corrected chi connectivity index (χ2v) is 13.0. The first-order chi connectivity index (χ1) is 21.0. The molecule has 0 aliphatic heterocycles. The fraction of sp³-hybridized carbons (Fsp3) is 0.351. The summed E-state index contributed by atoms with van der Waals surface area (Å²) in [5.74, 6) is 2.01. The summed E-state index contributed by atoms with van der Waals surface area (Å²) in [6.45, 7) is 11.6. The molecule has 0 radical (unpaired) electrons. The molecule has 0 saturated heterocycles. The van der Waals surface area contributed by atoms with Crippen LogP contribution in [0.4, 0.5) is 0 Å². The Morgan fingerprint density at radius 2 is 1.27 bits per heavy atom. The van der Waals surface area contributed by atoms with Gasteiger partial charge in [0.25, 0.3) is 0 Å². The van der Waals surface area contributed by atoms with Gasteiger partial charge in [-0.1, -0.05) is 118 Å². The lowest BCUT2D eigenvalue weighted by Gasteiger charge is -2.37. The molecule has 5 rings (SSSR count). The van der Waals surface area contributed by atoms with E-state index in [0.29, 0.717) is 29.4 Å². The SMILES string of the molecule is Cc1ccc(C)c(C2(c3ccccc3OCCC(C)CCCC(C)C)c3cc(B(O)O)ccc3-c3ccc(B(O)O)cc32)c1. The molecule has 4 aromatic carbocycles. The lowest BCUT2D eigenvalue weighted by Crippen LogP contribution is -2.36. The third-order valence-electron chi connectivity index (χ3n) is 9.22. The zero-order chi connectivity index (χ0) is 31.6. The molecule has 0 spiro atoms. The minimum absolute atomic E-state index is 0.391. The van der Waals surface area contributed by atoms with Crippen LogP contribution in [-0.2, 0) is 5.41 Å². The van der Waals surface area contributed by atoms with E-state index in [-0.39, 0.29) is 0 Å². The zero-order valence-electron chi connectivity index (χ0n) is 26.5. The van der Waals surface area contributed by atoms with Gasteiger partial charge in [-0.05, 0) is 82.5 Å². The van der Waals surface area contributed by atoms with Crippen molar-refractivity contribution in [3.8, 4) is 16.9 Å². The molecule has 44 heavy (non-hydrogen) atoms. The molecule has 0 saturated carbocycles. The van der Waals surface area contributed by atoms with Gasteiger partial charge in [0.15, 0.2) is 0 Å². The maximum absolute atomic E-state index is 10.3. The van der Waals surface area contributed by atoms with E-state index in [0.717, 1.165) is 56.7 Å². The Bertz CT molecular complexity index is 1560. The molecular formula is C37H44B2O5. The summed E-state index contributed by atoms with van der Waals surface area (Å²) in [7, 11) is -3.28. The number of aryl methyl sites for hydroxylation is 2. The summed E-state index contributed by atoms with van der Waals surface area (Å²) in [5, 5.41) is 41.1. The Morgan fingerprint density at radius 1 is 0.659 bits per heavy atom. The van der Waals surface area contributed by atoms with E-state index in [1.807, 2.05) is 42.5 Å². The fourth-order valence-electron chi connectivity index (χ4n) is 6.84. The van der Waals surface area contributed by atoms with Crippen LogP contribution in [0.1, 0.15) is 79.8 Å². The van der Waals surface area contributed by atoms with E-state index >= 15 is 0 Å². The minimum Gasteiger partial charge on any atom is -0.493 e. The largest absolute Gasteiger partial charge is 0.493 e. The van der Waals surface area contributed by atoms with E-state index < -0.39 is 19.7 Å². The first-order valence-electron chi connectivity index (χ1n) is 15.9. The highest BCUT2D eigenvalue weighted by Crippen LogP contribution is 2.58. The second kappa shape index (κ2) is 13.3. The van der Waals surface area contributed by atoms with Gasteiger partial charge in [-0.25, -0.2) is 0 Å². The van der Waals surface area contributed by atoms with Gasteiger partial charge >= 0.3 is 14.2 Å². The van der Waals surface area contributed by atoms with Crippen LogP contribution in [0.3, 0.4) is 0 Å². The van der Waals surface area contributed by atoms with Crippen molar-refractivity contribution >= 4 is 25.2 Å². The Hall–Kier alpha value is -3.35. The second-order valence-electron chi connectivity index (χ2n) is 13.0. The Balaban J connectivity index is 1.72. The fourth-order valence-corrected chi connectivity index (χ4v) is 6.84. The van der Waals surface area contributed by atoms with Crippen LogP contribution >= 0.6 is 0 Å². The van der Waals surface area contributed by atoms with E-state index in [2.05, 4.69) is 58.9 Å². The molecule has 0 amide bonds. The Morgan fingerprint density at radius 3 is 1.86 bits per heavy atom. The molecule has 0 fully saturated rings. The van der Waals surface area contributed by atoms with Crippen LogP contribution in [0, 0.1) is 25.7 Å². The number of hydrogen-bond donors (Lipinski definition) is 4. The molecule has 5 nitrogen and oxygen atoms in total. The van der Waals surface area contributed by atoms with Gasteiger partial charge in [0.05, 0.1) is 12.0 Å². The summed E-state index contributed by atoms with van der Waals surface area (Å²) < 4.78 is 6.65. The first kappa shape index (κ1) is 32.1. The van der Waals surface area contributed by atoms with Crippen molar-refractivity contribution in [3.05, 3.63) is 112 Å². The summed E-state index contributed by atoms with van der Waals surface area (Å²) in [4.78, 5) is 0. The molecule has 1 aliphatic rings. The molecule has 0 heterocycles. The average Bonchev–Trinajstić information content (AvgIpc) is 3.28. The standard InChI is InChI=1S/C37H44B2O5/c1-24(2)9-8-10-25(3)19-20-44-36-12-7-6-11-32(36)37(33-21-26(4)13-14-27(33)5)34-22-28(38(40)41)15-17-30(34)31-18-16-29(39(42)43)23-35(31)37/h6-7,11-18,21-25,40-43H,8-10,19-20H2,1-5H3. The molecule has 4 aromatic rings. The molecule has 0 aromatic heterocycles. The number of fused-ring (bicyclic) bond motifs is 3. The summed E-state index contributed by atoms with van der Waals surface area (Å²) in [6.07, 6.45) is 4.57. The molecule has 0 bridgehead atoms. The predicted octanol–water partition coefficient (Wildman–Crippen LogP) is 5.26. The van der Waals surface area contributed by atoms with Gasteiger partial charge in [-0.2, -0.15) is 0 Å². The molecule has 1 unspecified atom stereocenters. The summed E-state index contributed by atoms with van der Waals surface area (Å²) >= 11 is 0. The zero-order valence-corrected chi connectivity index (χ0v) is 26.5. The molecule has 1 atom stereocenters. The van der Waals surface area contributed by atoms with Gasteiger partial charge in [0.1, 0.15) is 5.75 Å². The number of para-hydroxylation sites is 1. The Kier molecular flexibility index (Phi) is 9.71. The molecule has 4 N–H and O–H groups in total. The number of ether oxygens (including phenoxy) is 1. The molecule has 228 valence electrons. The molecular weight excluding hydrogens is 546 g/mol. The van der Waals surface area contributed by atoms with Crippen molar-refractivity contribution < 1.29 is 24.8 Å². The third kappa shape index (κ3) is 6.12. The minimum atomic E-state index is -1.64. The maximum Gasteiger partial charge on any atom is 0.488 e. The highest BCUT2D eigenvalue weighted by Gasteiger charge is 2.49. The van der Waals surface area contributed by atoms with Crippen molar-refractivity contribution in [3.63, 3.8) is 0 Å². The Labute approximate surface area is 262 Å². The van der Waals surface area contributed by atoms with E-state index in [9.17, 15) is 20.1 Å². The smallest absolute Gasteiger partial charge is 0.488 e. The average molecular weight is 590 g/mol. The highest BCUT2D eigenvalue weighted by atomic mass is 16.5. The van der Waals surface area contributed by atoms with Crippen molar-refractivity contribution in [2.24, 2.45) is 11.8 Å². The maximum atomic E-state index is 10.3. The van der Waals surface area contributed by atoms with E-state index in [1.165, 1.54) is 19.3 Å². The van der Waals surface area contributed by atoms with Gasteiger partial charge in [0.2, 0.25) is 0 Å². The summed E-state index contributed by atoms with van der Waals surface area (Å²) in [5.41, 5.74) is 7.68. The highest BCUT2D eigenvalue weighted by molar-refractivity contribution is 6.59. The van der Waals surface area contributed by atoms with Crippen molar-refractivity contribution in [2.75, 3.05) is 6.61 Å². The molecule has 1 aliphatic carbocycles. The number of rotatable bonds is 12. The lowest BCUT2D eigenvalue weighted by atomic mass is 9.64. The topological polar surface area (TPSA) is 90.2 Å². The predicted molar refractivity (Wildman–Crippen MR) is 181 cm³/mol. The van der Waals surface area contributed by atoms with Crippen molar-refractivity contribution in [2.45, 2.75) is 65.7 Å². The third-order valence-corrected chi connectivity index (χ3v) is 9.22. The van der Waals surface area contributed by atoms with E-state index in [1.54, 1.807) is 12.1 Å². The summed E-state index contributed by atoms with van der Waals surface area (Å²) in [6, 6.07) is 25.6. The van der Waals surface area contributed by atoms with Gasteiger partial charge < -0.3 is 24.8 Å². The van der Waals surface area contributed by atoms with Crippen LogP contribution in [0.2, 0.25) is 0 Å². The monoisotopic (exact) mass is 590 g/mol. The van der Waals surface area contributed by atoms with E-state index in [4.69, 9.17) is 4.74 Å². The number of benzene rings is 4. The van der Waals surface area contributed by atoms with Crippen molar-refractivity contribution in [1.82, 2.24) is 0 Å². The normalized spacial score (nSPS) is 13.9. The van der Waals surface area contributed by atoms with Crippen LogP contribution in [0.25, 0.3) is 11.1 Å². The van der Waals surface area contributed by atoms with Crippen molar-refractivity contribution in [1.29, 1.82) is 0 Å². The van der Waals surface area contributed by atoms with Crippen LogP contribution in [0.15, 0.2) is 78.9 Å². The number of hydrogen-bond acceptors (Lipinski definition) is 5. The molecule has 7 heteroatoms. The van der Waals surface area contributed by atoms with Crippen LogP contribution in [0.5, 0.6) is 5.75 Å². The van der Waals surface area contributed by atoms with Gasteiger partial charge in [0, 0.05) is 5.56 Å². The lowest BCUT2D eigenvalue weighted by molar-refractivity contribution is 0.272. The first-order valence-corrected chi connectivity index (χ1v) is 15.9. The van der Waals surface area contributed by atoms with Gasteiger partial charge in [-0.3, -0.25) is 0 Å². The van der Waals surface area contributed by atoms with Crippen LogP contribution in [-0.4, -0.2) is 40.9 Å².